The van der Waals surface area contributed by atoms with Gasteiger partial charge in [0.05, 0.1) is 10.6 Å². The standard InChI is InChI=1S/C18H28N6O3S2/c1-5-22(6-2)16(25)13-28-18-21-20-17(24(18)19)14-10-9-11-15(12-14)29(26,27)23(7-3)8-4/h9-12H,5-8,13,19H2,1-4H3. The normalized spacial score (nSPS) is 11.8. The van der Waals surface area contributed by atoms with Crippen LogP contribution >= 0.6 is 11.8 Å². The molecule has 1 amide bonds. The Labute approximate surface area is 176 Å². The largest absolute Gasteiger partial charge is 0.343 e. The van der Waals surface area contributed by atoms with Gasteiger partial charge in [-0.3, -0.25) is 4.79 Å². The predicted molar refractivity (Wildman–Crippen MR) is 114 cm³/mol. The second kappa shape index (κ2) is 10.1. The number of carbonyl (C=O) groups excluding carboxylic acids is 1. The van der Waals surface area contributed by atoms with Crippen molar-refractivity contribution in [2.24, 2.45) is 0 Å². The van der Waals surface area contributed by atoms with E-state index in [-0.39, 0.29) is 16.6 Å². The molecule has 0 bridgehead atoms. The molecule has 9 nitrogen and oxygen atoms in total. The van der Waals surface area contributed by atoms with Crippen LogP contribution in [0.1, 0.15) is 27.7 Å². The van der Waals surface area contributed by atoms with E-state index in [1.54, 1.807) is 36.9 Å². The monoisotopic (exact) mass is 440 g/mol. The maximum atomic E-state index is 12.8. The molecule has 0 radical (unpaired) electrons. The van der Waals surface area contributed by atoms with Crippen LogP contribution in [0, 0.1) is 0 Å². The molecule has 2 rings (SSSR count). The van der Waals surface area contributed by atoms with Gasteiger partial charge >= 0.3 is 0 Å². The van der Waals surface area contributed by atoms with Gasteiger partial charge in [0.25, 0.3) is 0 Å². The van der Waals surface area contributed by atoms with Gasteiger partial charge < -0.3 is 10.7 Å². The number of carbonyl (C=O) groups is 1. The highest BCUT2D eigenvalue weighted by atomic mass is 32.2. The van der Waals surface area contributed by atoms with Crippen LogP contribution in [0.3, 0.4) is 0 Å². The third-order valence-corrected chi connectivity index (χ3v) is 7.51. The van der Waals surface area contributed by atoms with Crippen LogP contribution in [0.25, 0.3) is 11.4 Å². The third-order valence-electron chi connectivity index (χ3n) is 4.54. The first kappa shape index (κ1) is 23.2. The maximum Gasteiger partial charge on any atom is 0.243 e. The first-order valence-electron chi connectivity index (χ1n) is 9.51. The molecule has 11 heteroatoms. The van der Waals surface area contributed by atoms with Crippen molar-refractivity contribution in [3.8, 4) is 11.4 Å². The molecule has 1 heterocycles. The average Bonchev–Trinajstić information content (AvgIpc) is 3.08. The second-order valence-corrected chi connectivity index (χ2v) is 9.03. The van der Waals surface area contributed by atoms with Crippen LogP contribution in [0.4, 0.5) is 0 Å². The summed E-state index contributed by atoms with van der Waals surface area (Å²) in [6, 6.07) is 6.46. The summed E-state index contributed by atoms with van der Waals surface area (Å²) < 4.78 is 28.2. The lowest BCUT2D eigenvalue weighted by Gasteiger charge is -2.18. The minimum absolute atomic E-state index is 0.00290. The van der Waals surface area contributed by atoms with Gasteiger partial charge in [0.1, 0.15) is 0 Å². The van der Waals surface area contributed by atoms with Crippen molar-refractivity contribution in [1.29, 1.82) is 0 Å². The van der Waals surface area contributed by atoms with Crippen LogP contribution in [0.2, 0.25) is 0 Å². The Balaban J connectivity index is 2.26. The number of nitrogens with two attached hydrogens (primary N) is 1. The molecule has 0 atom stereocenters. The topological polar surface area (TPSA) is 114 Å². The molecule has 0 unspecified atom stereocenters. The number of nitrogen functional groups attached to an aromatic ring is 1. The number of hydrogen-bond acceptors (Lipinski definition) is 7. The fraction of sp³-hybridized carbons (Fsp3) is 0.500. The quantitative estimate of drug-likeness (QED) is 0.441. The van der Waals surface area contributed by atoms with Gasteiger partial charge in [-0.05, 0) is 26.0 Å². The molecule has 2 N–H and O–H groups in total. The van der Waals surface area contributed by atoms with Crippen LogP contribution in [-0.2, 0) is 14.8 Å². The molecule has 0 aliphatic rings. The third kappa shape index (κ3) is 5.09. The molecule has 29 heavy (non-hydrogen) atoms. The van der Waals surface area contributed by atoms with Crippen LogP contribution in [0.5, 0.6) is 0 Å². The summed E-state index contributed by atoms with van der Waals surface area (Å²) in [7, 11) is -3.59. The van der Waals surface area contributed by atoms with E-state index in [0.29, 0.717) is 42.7 Å². The zero-order valence-electron chi connectivity index (χ0n) is 17.2. The van der Waals surface area contributed by atoms with Gasteiger partial charge in [0.15, 0.2) is 5.82 Å². The van der Waals surface area contributed by atoms with Crippen molar-refractivity contribution in [2.75, 3.05) is 37.8 Å². The Morgan fingerprint density at radius 1 is 1.10 bits per heavy atom. The Kier molecular flexibility index (Phi) is 8.05. The number of amides is 1. The summed E-state index contributed by atoms with van der Waals surface area (Å²) in [4.78, 5) is 14.1. The Hall–Kier alpha value is -2.11. The lowest BCUT2D eigenvalue weighted by atomic mass is 10.2. The highest BCUT2D eigenvalue weighted by molar-refractivity contribution is 7.99. The maximum absolute atomic E-state index is 12.8. The number of aromatic nitrogens is 3. The van der Waals surface area contributed by atoms with Crippen molar-refractivity contribution in [1.82, 2.24) is 24.1 Å². The summed E-state index contributed by atoms with van der Waals surface area (Å²) in [5.41, 5.74) is 0.537. The average molecular weight is 441 g/mol. The predicted octanol–water partition coefficient (Wildman–Crippen LogP) is 1.65. The Morgan fingerprint density at radius 3 is 2.34 bits per heavy atom. The smallest absolute Gasteiger partial charge is 0.243 e. The van der Waals surface area contributed by atoms with E-state index in [4.69, 9.17) is 5.84 Å². The molecule has 0 saturated carbocycles. The van der Waals surface area contributed by atoms with Crippen molar-refractivity contribution in [3.63, 3.8) is 0 Å². The van der Waals surface area contributed by atoms with Gasteiger partial charge in [-0.25, -0.2) is 13.1 Å². The molecular formula is C18H28N6O3S2. The van der Waals surface area contributed by atoms with E-state index in [0.717, 1.165) is 0 Å². The van der Waals surface area contributed by atoms with Crippen LogP contribution < -0.4 is 5.84 Å². The molecule has 0 spiro atoms. The summed E-state index contributed by atoms with van der Waals surface area (Å²) in [6.45, 7) is 9.50. The number of rotatable bonds is 10. The van der Waals surface area contributed by atoms with Crippen molar-refractivity contribution in [2.45, 2.75) is 37.7 Å². The number of sulfonamides is 1. The van der Waals surface area contributed by atoms with Crippen molar-refractivity contribution < 1.29 is 13.2 Å². The second-order valence-electron chi connectivity index (χ2n) is 6.15. The fourth-order valence-corrected chi connectivity index (χ4v) is 5.14. The first-order valence-corrected chi connectivity index (χ1v) is 11.9. The van der Waals surface area contributed by atoms with Crippen LogP contribution in [-0.4, -0.2) is 70.3 Å². The fourth-order valence-electron chi connectivity index (χ4n) is 2.87. The molecule has 0 saturated heterocycles. The highest BCUT2D eigenvalue weighted by Gasteiger charge is 2.23. The molecule has 0 aliphatic carbocycles. The summed E-state index contributed by atoms with van der Waals surface area (Å²) >= 11 is 1.20. The number of thioether (sulfide) groups is 1. The van der Waals surface area contributed by atoms with E-state index in [1.165, 1.54) is 26.8 Å². The molecular weight excluding hydrogens is 412 g/mol. The Bertz CT molecular complexity index is 937. The lowest BCUT2D eigenvalue weighted by molar-refractivity contribution is -0.127. The Morgan fingerprint density at radius 2 is 1.76 bits per heavy atom. The molecule has 2 aromatic rings. The van der Waals surface area contributed by atoms with E-state index < -0.39 is 10.0 Å². The SMILES string of the molecule is CCN(CC)C(=O)CSc1nnc(-c2cccc(S(=O)(=O)N(CC)CC)c2)n1N. The van der Waals surface area contributed by atoms with E-state index in [2.05, 4.69) is 10.2 Å². The molecule has 1 aromatic carbocycles. The zero-order valence-corrected chi connectivity index (χ0v) is 18.8. The highest BCUT2D eigenvalue weighted by Crippen LogP contribution is 2.25. The minimum atomic E-state index is -3.59. The van der Waals surface area contributed by atoms with Crippen LogP contribution in [0.15, 0.2) is 34.3 Å². The van der Waals surface area contributed by atoms with E-state index in [9.17, 15) is 13.2 Å². The lowest BCUT2D eigenvalue weighted by Crippen LogP contribution is -2.32. The summed E-state index contributed by atoms with van der Waals surface area (Å²) in [5, 5.41) is 8.53. The van der Waals surface area contributed by atoms with Gasteiger partial charge in [0.2, 0.25) is 21.1 Å². The van der Waals surface area contributed by atoms with Gasteiger partial charge in [0, 0.05) is 31.7 Å². The first-order chi connectivity index (χ1) is 13.8. The van der Waals surface area contributed by atoms with Gasteiger partial charge in [-0.2, -0.15) is 4.31 Å². The minimum Gasteiger partial charge on any atom is -0.343 e. The molecule has 160 valence electrons. The molecule has 0 fully saturated rings. The molecule has 1 aromatic heterocycles. The number of benzene rings is 1. The molecule has 0 aliphatic heterocycles. The number of hydrogen-bond donors (Lipinski definition) is 1. The van der Waals surface area contributed by atoms with Crippen molar-refractivity contribution >= 4 is 27.7 Å². The summed E-state index contributed by atoms with van der Waals surface area (Å²) in [6.07, 6.45) is 0. The zero-order chi connectivity index (χ0) is 21.6. The van der Waals surface area contributed by atoms with Gasteiger partial charge in [-0.15, -0.1) is 10.2 Å². The van der Waals surface area contributed by atoms with Crippen molar-refractivity contribution in [3.05, 3.63) is 24.3 Å². The summed E-state index contributed by atoms with van der Waals surface area (Å²) in [5.74, 6) is 6.65. The van der Waals surface area contributed by atoms with E-state index in [1.807, 2.05) is 13.8 Å². The van der Waals surface area contributed by atoms with Gasteiger partial charge in [-0.1, -0.05) is 37.7 Å². The van der Waals surface area contributed by atoms with E-state index >= 15 is 0 Å². The number of nitrogens with zero attached hydrogens (tertiary/aromatic N) is 5.